The topological polar surface area (TPSA) is 105 Å². The molecule has 8 heteroatoms. The molecule has 2 rings (SSSR count). The molecule has 23 heavy (non-hydrogen) atoms. The largest absolute Gasteiger partial charge is 0.488 e. The maximum atomic E-state index is 11.6. The molecule has 3 N–H and O–H groups in total. The highest BCUT2D eigenvalue weighted by Crippen LogP contribution is 2.13. The molecule has 7 nitrogen and oxygen atoms in total. The van der Waals surface area contributed by atoms with Crippen LogP contribution in [0.1, 0.15) is 26.3 Å². The molecule has 1 aromatic heterocycles. The Hall–Kier alpha value is -2.19. The van der Waals surface area contributed by atoms with Crippen LogP contribution in [-0.2, 0) is 11.2 Å². The summed E-state index contributed by atoms with van der Waals surface area (Å²) in [7, 11) is -1.58. The maximum absolute atomic E-state index is 11.6. The standard InChI is InChI=1S/C15H20BN3O4/c1-15(2,3)23-14(20)19-5-4-10-8-11(16(21)22)9-12-13(10)18-7-6-17-12/h6-9,21-22H,4-5H2,1-3H3,(H,19,20). The molecule has 0 saturated heterocycles. The first-order chi connectivity index (χ1) is 10.8. The molecule has 122 valence electrons. The lowest BCUT2D eigenvalue weighted by Gasteiger charge is -2.19. The Morgan fingerprint density at radius 1 is 1.26 bits per heavy atom. The molecular weight excluding hydrogens is 297 g/mol. The second kappa shape index (κ2) is 6.93. The van der Waals surface area contributed by atoms with E-state index in [1.807, 2.05) is 0 Å². The Balaban J connectivity index is 2.11. The Morgan fingerprint density at radius 3 is 2.61 bits per heavy atom. The summed E-state index contributed by atoms with van der Waals surface area (Å²) < 4.78 is 5.17. The molecule has 0 unspecified atom stereocenters. The molecule has 0 radical (unpaired) electrons. The summed E-state index contributed by atoms with van der Waals surface area (Å²) in [5.41, 5.74) is 1.80. The number of ether oxygens (including phenoxy) is 1. The maximum Gasteiger partial charge on any atom is 0.488 e. The summed E-state index contributed by atoms with van der Waals surface area (Å²) in [6.45, 7) is 5.72. The quantitative estimate of drug-likeness (QED) is 0.704. The first-order valence-corrected chi connectivity index (χ1v) is 7.33. The van der Waals surface area contributed by atoms with Gasteiger partial charge in [-0.05, 0) is 44.3 Å². The SMILES string of the molecule is CC(C)(C)OC(=O)NCCc1cc(B(O)O)cc2nccnc12. The summed E-state index contributed by atoms with van der Waals surface area (Å²) in [4.78, 5) is 20.1. The van der Waals surface area contributed by atoms with Gasteiger partial charge in [-0.3, -0.25) is 9.97 Å². The lowest BCUT2D eigenvalue weighted by Crippen LogP contribution is -2.34. The fourth-order valence-electron chi connectivity index (χ4n) is 2.12. The minimum Gasteiger partial charge on any atom is -0.444 e. The van der Waals surface area contributed by atoms with E-state index in [1.165, 1.54) is 0 Å². The first kappa shape index (κ1) is 17.2. The Morgan fingerprint density at radius 2 is 1.96 bits per heavy atom. The van der Waals surface area contributed by atoms with Crippen LogP contribution < -0.4 is 10.8 Å². The van der Waals surface area contributed by atoms with Gasteiger partial charge in [-0.15, -0.1) is 0 Å². The van der Waals surface area contributed by atoms with Gasteiger partial charge in [0.1, 0.15) is 5.60 Å². The van der Waals surface area contributed by atoms with Crippen molar-refractivity contribution in [3.8, 4) is 0 Å². The fourth-order valence-corrected chi connectivity index (χ4v) is 2.12. The lowest BCUT2D eigenvalue weighted by atomic mass is 9.79. The molecule has 0 spiro atoms. The zero-order chi connectivity index (χ0) is 17.0. The van der Waals surface area contributed by atoms with E-state index in [1.54, 1.807) is 45.3 Å². The zero-order valence-corrected chi connectivity index (χ0v) is 13.4. The smallest absolute Gasteiger partial charge is 0.444 e. The van der Waals surface area contributed by atoms with Gasteiger partial charge < -0.3 is 20.1 Å². The van der Waals surface area contributed by atoms with Gasteiger partial charge in [0.2, 0.25) is 0 Å². The number of hydrogen-bond acceptors (Lipinski definition) is 6. The number of rotatable bonds is 4. The minimum absolute atomic E-state index is 0.338. The molecule has 1 amide bonds. The van der Waals surface area contributed by atoms with Gasteiger partial charge in [0.05, 0.1) is 11.0 Å². The molecule has 0 atom stereocenters. The predicted molar refractivity (Wildman–Crippen MR) is 87.3 cm³/mol. The molecule has 0 aliphatic heterocycles. The highest BCUT2D eigenvalue weighted by Gasteiger charge is 2.17. The van der Waals surface area contributed by atoms with Crippen molar-refractivity contribution < 1.29 is 19.6 Å². The number of fused-ring (bicyclic) bond motifs is 1. The van der Waals surface area contributed by atoms with Crippen LogP contribution in [0, 0.1) is 0 Å². The Kier molecular flexibility index (Phi) is 5.17. The predicted octanol–water partition coefficient (Wildman–Crippen LogP) is 0.377. The zero-order valence-electron chi connectivity index (χ0n) is 13.4. The van der Waals surface area contributed by atoms with Crippen LogP contribution in [0.3, 0.4) is 0 Å². The van der Waals surface area contributed by atoms with Crippen LogP contribution in [0.15, 0.2) is 24.5 Å². The molecule has 0 aliphatic rings. The van der Waals surface area contributed by atoms with Gasteiger partial charge in [-0.25, -0.2) is 4.79 Å². The van der Waals surface area contributed by atoms with Gasteiger partial charge >= 0.3 is 13.2 Å². The molecule has 0 aliphatic carbocycles. The van der Waals surface area contributed by atoms with Crippen LogP contribution in [-0.4, -0.2) is 45.4 Å². The first-order valence-electron chi connectivity index (χ1n) is 7.33. The number of nitrogens with zero attached hydrogens (tertiary/aromatic N) is 2. The van der Waals surface area contributed by atoms with Gasteiger partial charge in [-0.1, -0.05) is 6.07 Å². The van der Waals surface area contributed by atoms with Crippen LogP contribution in [0.25, 0.3) is 11.0 Å². The van der Waals surface area contributed by atoms with Crippen molar-refractivity contribution in [2.24, 2.45) is 0 Å². The number of carbonyl (C=O) groups excluding carboxylic acids is 1. The number of aromatic nitrogens is 2. The van der Waals surface area contributed by atoms with Crippen LogP contribution in [0.2, 0.25) is 0 Å². The second-order valence-corrected chi connectivity index (χ2v) is 6.16. The van der Waals surface area contributed by atoms with Gasteiger partial charge in [0, 0.05) is 18.9 Å². The molecule has 0 saturated carbocycles. The van der Waals surface area contributed by atoms with Gasteiger partial charge in [0.15, 0.2) is 0 Å². The van der Waals surface area contributed by atoms with E-state index in [9.17, 15) is 14.8 Å². The van der Waals surface area contributed by atoms with E-state index in [-0.39, 0.29) is 0 Å². The average molecular weight is 317 g/mol. The molecular formula is C15H20BN3O4. The summed E-state index contributed by atoms with van der Waals surface area (Å²) >= 11 is 0. The van der Waals surface area contributed by atoms with Crippen molar-refractivity contribution in [3.05, 3.63) is 30.1 Å². The van der Waals surface area contributed by atoms with Crippen LogP contribution in [0.5, 0.6) is 0 Å². The summed E-state index contributed by atoms with van der Waals surface area (Å²) in [6, 6.07) is 3.23. The molecule has 2 aromatic rings. The number of nitrogens with one attached hydrogen (secondary N) is 1. The van der Waals surface area contributed by atoms with E-state index in [0.29, 0.717) is 29.5 Å². The normalized spacial score (nSPS) is 11.3. The van der Waals surface area contributed by atoms with Gasteiger partial charge in [0.25, 0.3) is 0 Å². The van der Waals surface area contributed by atoms with Crippen molar-refractivity contribution in [3.63, 3.8) is 0 Å². The average Bonchev–Trinajstić information content (AvgIpc) is 2.45. The van der Waals surface area contributed by atoms with Crippen LogP contribution in [0.4, 0.5) is 4.79 Å². The van der Waals surface area contributed by atoms with E-state index < -0.39 is 18.8 Å². The molecule has 1 aromatic carbocycles. The molecule has 0 bridgehead atoms. The number of amides is 1. The fraction of sp³-hybridized carbons (Fsp3) is 0.400. The molecule has 1 heterocycles. The monoisotopic (exact) mass is 317 g/mol. The van der Waals surface area contributed by atoms with E-state index in [0.717, 1.165) is 5.56 Å². The van der Waals surface area contributed by atoms with Crippen molar-refractivity contribution >= 4 is 29.7 Å². The van der Waals surface area contributed by atoms with Crippen LogP contribution >= 0.6 is 0 Å². The van der Waals surface area contributed by atoms with Crippen molar-refractivity contribution in [1.82, 2.24) is 15.3 Å². The Bertz CT molecular complexity index is 701. The second-order valence-electron chi connectivity index (χ2n) is 6.16. The number of benzene rings is 1. The summed E-state index contributed by atoms with van der Waals surface area (Å²) in [5.74, 6) is 0. The minimum atomic E-state index is -1.58. The summed E-state index contributed by atoms with van der Waals surface area (Å²) in [5, 5.41) is 21.4. The Labute approximate surface area is 134 Å². The van der Waals surface area contributed by atoms with Crippen molar-refractivity contribution in [1.29, 1.82) is 0 Å². The number of hydrogen-bond donors (Lipinski definition) is 3. The van der Waals surface area contributed by atoms with Crippen molar-refractivity contribution in [2.45, 2.75) is 32.8 Å². The molecule has 0 fully saturated rings. The van der Waals surface area contributed by atoms with E-state index in [4.69, 9.17) is 4.74 Å². The summed E-state index contributed by atoms with van der Waals surface area (Å²) in [6.07, 6.45) is 3.08. The number of carbonyl (C=O) groups is 1. The van der Waals surface area contributed by atoms with Gasteiger partial charge in [-0.2, -0.15) is 0 Å². The highest BCUT2D eigenvalue weighted by molar-refractivity contribution is 6.58. The highest BCUT2D eigenvalue weighted by atomic mass is 16.6. The number of alkyl carbamates (subject to hydrolysis) is 1. The van der Waals surface area contributed by atoms with E-state index >= 15 is 0 Å². The third-order valence-corrected chi connectivity index (χ3v) is 3.04. The lowest BCUT2D eigenvalue weighted by molar-refractivity contribution is 0.0528. The third-order valence-electron chi connectivity index (χ3n) is 3.04. The third kappa shape index (κ3) is 4.90. The van der Waals surface area contributed by atoms with E-state index in [2.05, 4.69) is 15.3 Å². The van der Waals surface area contributed by atoms with Crippen molar-refractivity contribution in [2.75, 3.05) is 6.54 Å².